The van der Waals surface area contributed by atoms with Crippen LogP contribution in [0.2, 0.25) is 0 Å². The summed E-state index contributed by atoms with van der Waals surface area (Å²) >= 11 is 1.10. The van der Waals surface area contributed by atoms with Crippen LogP contribution < -0.4 is 5.32 Å². The van der Waals surface area contributed by atoms with E-state index < -0.39 is 11.6 Å². The summed E-state index contributed by atoms with van der Waals surface area (Å²) in [4.78, 5) is 28.2. The zero-order chi connectivity index (χ0) is 20.3. The molecule has 1 atom stereocenters. The van der Waals surface area contributed by atoms with Crippen LogP contribution >= 0.6 is 11.5 Å². The Morgan fingerprint density at radius 3 is 2.39 bits per heavy atom. The molecule has 6 nitrogen and oxygen atoms in total. The molecule has 1 aromatic carbocycles. The first-order valence-corrected chi connectivity index (χ1v) is 10.3. The lowest BCUT2D eigenvalue weighted by Crippen LogP contribution is -2.51. The van der Waals surface area contributed by atoms with Crippen LogP contribution in [0, 0.1) is 5.82 Å². The highest BCUT2D eigenvalue weighted by atomic mass is 32.1. The second-order valence-electron chi connectivity index (χ2n) is 8.13. The lowest BCUT2D eigenvalue weighted by atomic mass is 9.99. The number of hydrogen-bond acceptors (Lipinski definition) is 5. The van der Waals surface area contributed by atoms with Gasteiger partial charge in [-0.2, -0.15) is 0 Å². The molecule has 0 radical (unpaired) electrons. The van der Waals surface area contributed by atoms with Crippen LogP contribution in [-0.2, 0) is 4.79 Å². The number of nitrogens with one attached hydrogen (secondary N) is 1. The molecule has 1 saturated carbocycles. The molecule has 150 valence electrons. The molecule has 0 aliphatic heterocycles. The Kier molecular flexibility index (Phi) is 6.07. The molecule has 0 spiro atoms. The molecule has 2 aromatic rings. The summed E-state index contributed by atoms with van der Waals surface area (Å²) in [6, 6.07) is 4.82. The largest absolute Gasteiger partial charge is 0.349 e. The third-order valence-electron chi connectivity index (χ3n) is 4.74. The molecule has 1 fully saturated rings. The van der Waals surface area contributed by atoms with Gasteiger partial charge in [0.25, 0.3) is 5.91 Å². The minimum Gasteiger partial charge on any atom is -0.349 e. The maximum Gasteiger partial charge on any atom is 0.276 e. The molecule has 0 bridgehead atoms. The van der Waals surface area contributed by atoms with Crippen molar-refractivity contribution in [2.75, 3.05) is 0 Å². The quantitative estimate of drug-likeness (QED) is 0.824. The highest BCUT2D eigenvalue weighted by molar-refractivity contribution is 7.03. The fraction of sp³-hybridized carbons (Fsp3) is 0.500. The minimum atomic E-state index is -0.864. The van der Waals surface area contributed by atoms with Crippen molar-refractivity contribution >= 4 is 23.3 Å². The minimum absolute atomic E-state index is 0.0741. The Morgan fingerprint density at radius 2 is 1.86 bits per heavy atom. The topological polar surface area (TPSA) is 75.2 Å². The van der Waals surface area contributed by atoms with Crippen LogP contribution in [0.1, 0.15) is 68.5 Å². The van der Waals surface area contributed by atoms with Crippen molar-refractivity contribution in [3.63, 3.8) is 0 Å². The molecule has 1 aromatic heterocycles. The number of carbonyl (C=O) groups is 2. The molecular weight excluding hydrogens is 379 g/mol. The highest BCUT2D eigenvalue weighted by Gasteiger charge is 2.39. The van der Waals surface area contributed by atoms with Crippen molar-refractivity contribution < 1.29 is 14.0 Å². The number of rotatable bonds is 5. The van der Waals surface area contributed by atoms with Crippen LogP contribution in [0.5, 0.6) is 0 Å². The molecule has 8 heteroatoms. The lowest BCUT2D eigenvalue weighted by molar-refractivity contribution is -0.128. The zero-order valence-electron chi connectivity index (χ0n) is 16.3. The zero-order valence-corrected chi connectivity index (χ0v) is 17.1. The van der Waals surface area contributed by atoms with E-state index in [2.05, 4.69) is 14.9 Å². The van der Waals surface area contributed by atoms with Crippen molar-refractivity contribution in [2.24, 2.45) is 0 Å². The van der Waals surface area contributed by atoms with E-state index >= 15 is 0 Å². The molecule has 1 heterocycles. The molecule has 28 heavy (non-hydrogen) atoms. The average molecular weight is 405 g/mol. The molecule has 0 saturated heterocycles. The SMILES string of the molecule is CC(C)(C)NC(=O)C(c1ccc(F)cc1)N(C(=O)c1csnn1)C1CCCC1. The average Bonchev–Trinajstić information content (AvgIpc) is 3.32. The van der Waals surface area contributed by atoms with Crippen molar-refractivity contribution in [1.82, 2.24) is 19.8 Å². The van der Waals surface area contributed by atoms with Gasteiger partial charge < -0.3 is 10.2 Å². The van der Waals surface area contributed by atoms with Crippen LogP contribution in [-0.4, -0.2) is 37.9 Å². The van der Waals surface area contributed by atoms with E-state index in [1.54, 1.807) is 22.4 Å². The molecule has 1 N–H and O–H groups in total. The fourth-order valence-electron chi connectivity index (χ4n) is 3.59. The molecule has 1 aliphatic carbocycles. The van der Waals surface area contributed by atoms with E-state index in [-0.39, 0.29) is 29.4 Å². The summed E-state index contributed by atoms with van der Waals surface area (Å²) in [5.41, 5.74) is 0.334. The van der Waals surface area contributed by atoms with Crippen molar-refractivity contribution in [3.8, 4) is 0 Å². The van der Waals surface area contributed by atoms with Crippen LogP contribution in [0.4, 0.5) is 4.39 Å². The maximum atomic E-state index is 13.5. The maximum absolute atomic E-state index is 13.5. The third-order valence-corrected chi connectivity index (χ3v) is 5.25. The van der Waals surface area contributed by atoms with Gasteiger partial charge in [-0.1, -0.05) is 29.5 Å². The van der Waals surface area contributed by atoms with Gasteiger partial charge in [-0.3, -0.25) is 9.59 Å². The molecule has 3 rings (SSSR count). The van der Waals surface area contributed by atoms with Gasteiger partial charge in [0, 0.05) is 17.0 Å². The summed E-state index contributed by atoms with van der Waals surface area (Å²) in [5, 5.41) is 8.49. The molecule has 1 aliphatic rings. The van der Waals surface area contributed by atoms with Gasteiger partial charge in [0.2, 0.25) is 5.91 Å². The highest BCUT2D eigenvalue weighted by Crippen LogP contribution is 2.33. The van der Waals surface area contributed by atoms with Crippen molar-refractivity contribution in [2.45, 2.75) is 64.1 Å². The first kappa shape index (κ1) is 20.4. The van der Waals surface area contributed by atoms with E-state index in [4.69, 9.17) is 0 Å². The predicted molar refractivity (Wildman–Crippen MR) is 105 cm³/mol. The van der Waals surface area contributed by atoms with Crippen LogP contribution in [0.3, 0.4) is 0 Å². The molecule has 1 unspecified atom stereocenters. The predicted octanol–water partition coefficient (Wildman–Crippen LogP) is 3.72. The Bertz CT molecular complexity index is 812. The van der Waals surface area contributed by atoms with E-state index in [1.807, 2.05) is 20.8 Å². The Balaban J connectivity index is 2.05. The number of aromatic nitrogens is 2. The summed E-state index contributed by atoms with van der Waals surface area (Å²) in [7, 11) is 0. The lowest BCUT2D eigenvalue weighted by Gasteiger charge is -2.37. The number of hydrogen-bond donors (Lipinski definition) is 1. The molecule has 2 amide bonds. The summed E-state index contributed by atoms with van der Waals surface area (Å²) < 4.78 is 17.3. The summed E-state index contributed by atoms with van der Waals surface area (Å²) in [5.74, 6) is -0.997. The van der Waals surface area contributed by atoms with E-state index in [0.29, 0.717) is 5.56 Å². The van der Waals surface area contributed by atoms with Gasteiger partial charge in [0.05, 0.1) is 0 Å². The van der Waals surface area contributed by atoms with Crippen molar-refractivity contribution in [3.05, 3.63) is 46.7 Å². The van der Waals surface area contributed by atoms with Gasteiger partial charge in [-0.15, -0.1) is 5.10 Å². The first-order valence-electron chi connectivity index (χ1n) is 9.43. The van der Waals surface area contributed by atoms with Crippen LogP contribution in [0.15, 0.2) is 29.6 Å². The smallest absolute Gasteiger partial charge is 0.276 e. The number of amides is 2. The summed E-state index contributed by atoms with van der Waals surface area (Å²) in [6.45, 7) is 5.66. The second-order valence-corrected chi connectivity index (χ2v) is 8.74. The third kappa shape index (κ3) is 4.73. The van der Waals surface area contributed by atoms with Gasteiger partial charge in [0.15, 0.2) is 5.69 Å². The first-order chi connectivity index (χ1) is 13.3. The monoisotopic (exact) mass is 404 g/mol. The molecular formula is C20H25FN4O2S. The Hall–Kier alpha value is -2.35. The number of halogens is 1. The fourth-order valence-corrected chi connectivity index (χ4v) is 4.02. The van der Waals surface area contributed by atoms with E-state index in [1.165, 1.54) is 12.1 Å². The second kappa shape index (κ2) is 8.34. The van der Waals surface area contributed by atoms with Crippen molar-refractivity contribution in [1.29, 1.82) is 0 Å². The van der Waals surface area contributed by atoms with E-state index in [9.17, 15) is 14.0 Å². The number of carbonyl (C=O) groups excluding carboxylic acids is 2. The van der Waals surface area contributed by atoms with Gasteiger partial charge >= 0.3 is 0 Å². The number of benzene rings is 1. The Morgan fingerprint density at radius 1 is 1.21 bits per heavy atom. The number of nitrogens with zero attached hydrogens (tertiary/aromatic N) is 3. The van der Waals surface area contributed by atoms with Gasteiger partial charge in [-0.25, -0.2) is 4.39 Å². The standard InChI is InChI=1S/C20H25FN4O2S/c1-20(2,3)22-18(26)17(13-8-10-14(21)11-9-13)25(15-6-4-5-7-15)19(27)16-12-28-24-23-16/h8-12,15,17H,4-7H2,1-3H3,(H,22,26). The summed E-state index contributed by atoms with van der Waals surface area (Å²) in [6.07, 6.45) is 3.65. The van der Waals surface area contributed by atoms with Gasteiger partial charge in [-0.05, 0) is 62.8 Å². The Labute approximate surface area is 168 Å². The van der Waals surface area contributed by atoms with E-state index in [0.717, 1.165) is 37.2 Å². The van der Waals surface area contributed by atoms with Gasteiger partial charge in [0.1, 0.15) is 11.9 Å². The normalized spacial score (nSPS) is 16.0. The van der Waals surface area contributed by atoms with Crippen LogP contribution in [0.25, 0.3) is 0 Å².